The van der Waals surface area contributed by atoms with Crippen molar-refractivity contribution in [2.45, 2.75) is 17.4 Å². The highest BCUT2D eigenvalue weighted by molar-refractivity contribution is 7.46. The molecule has 0 aliphatic rings. The molecule has 0 bridgehead atoms. The average molecular weight is 235 g/mol. The summed E-state index contributed by atoms with van der Waals surface area (Å²) in [5.74, 6) is 0. The topological polar surface area (TPSA) is 66.8 Å². The van der Waals surface area contributed by atoms with Crippen LogP contribution < -0.4 is 0 Å². The zero-order chi connectivity index (χ0) is 9.78. The van der Waals surface area contributed by atoms with E-state index in [0.29, 0.717) is 0 Å². The van der Waals surface area contributed by atoms with E-state index in [0.717, 1.165) is 0 Å². The van der Waals surface area contributed by atoms with Crippen molar-refractivity contribution in [1.29, 1.82) is 0 Å². The van der Waals surface area contributed by atoms with Gasteiger partial charge in [0.05, 0.1) is 6.10 Å². The first-order valence-electron chi connectivity index (χ1n) is 3.00. The van der Waals surface area contributed by atoms with Gasteiger partial charge in [-0.2, -0.15) is 0 Å². The molecular formula is C5H9Cl2O4P. The fourth-order valence-corrected chi connectivity index (χ4v) is 1.41. The van der Waals surface area contributed by atoms with Crippen LogP contribution in [0.1, 0.15) is 6.42 Å². The van der Waals surface area contributed by atoms with Crippen LogP contribution in [0.3, 0.4) is 0 Å². The molecule has 12 heavy (non-hydrogen) atoms. The van der Waals surface area contributed by atoms with Crippen LogP contribution in [0.4, 0.5) is 0 Å². The van der Waals surface area contributed by atoms with Crippen LogP contribution in [0.5, 0.6) is 0 Å². The molecule has 1 unspecified atom stereocenters. The van der Waals surface area contributed by atoms with Crippen molar-refractivity contribution in [3.05, 3.63) is 12.7 Å². The van der Waals surface area contributed by atoms with Crippen LogP contribution in [-0.2, 0) is 9.09 Å². The highest BCUT2D eigenvalue weighted by Crippen LogP contribution is 2.39. The molecule has 4 nitrogen and oxygen atoms in total. The van der Waals surface area contributed by atoms with Crippen LogP contribution in [-0.4, -0.2) is 20.7 Å². The standard InChI is InChI=1S/C5H9Cl2O4P/c1-2-4(3-5(6)7)11-12(8,9)10/h2,4-5H,1,3H2,(H2,8,9,10). The average Bonchev–Trinajstić information content (AvgIpc) is 1.82. The van der Waals surface area contributed by atoms with Gasteiger partial charge in [-0.3, -0.25) is 4.52 Å². The van der Waals surface area contributed by atoms with Crippen LogP contribution >= 0.6 is 31.0 Å². The number of phosphoric ester groups is 1. The predicted molar refractivity (Wildman–Crippen MR) is 47.2 cm³/mol. The summed E-state index contributed by atoms with van der Waals surface area (Å²) < 4.78 is 14.6. The van der Waals surface area contributed by atoms with Crippen molar-refractivity contribution in [1.82, 2.24) is 0 Å². The molecule has 0 amide bonds. The lowest BCUT2D eigenvalue weighted by Crippen LogP contribution is -2.11. The summed E-state index contributed by atoms with van der Waals surface area (Å²) in [4.78, 5) is 16.0. The summed E-state index contributed by atoms with van der Waals surface area (Å²) in [5, 5.41) is 0. The second-order valence-corrected chi connectivity index (χ2v) is 4.47. The first-order chi connectivity index (χ1) is 5.35. The summed E-state index contributed by atoms with van der Waals surface area (Å²) in [6, 6.07) is 0. The quantitative estimate of drug-likeness (QED) is 0.433. The van der Waals surface area contributed by atoms with Crippen LogP contribution in [0.2, 0.25) is 0 Å². The van der Waals surface area contributed by atoms with Crippen molar-refractivity contribution in [3.63, 3.8) is 0 Å². The number of rotatable bonds is 5. The smallest absolute Gasteiger partial charge is 0.303 e. The van der Waals surface area contributed by atoms with Gasteiger partial charge in [0, 0.05) is 6.42 Å². The molecule has 0 rings (SSSR count). The lowest BCUT2D eigenvalue weighted by molar-refractivity contribution is 0.158. The Balaban J connectivity index is 4.01. The third-order valence-corrected chi connectivity index (χ3v) is 1.85. The van der Waals surface area contributed by atoms with Crippen molar-refractivity contribution in [3.8, 4) is 0 Å². The van der Waals surface area contributed by atoms with Gasteiger partial charge in [0.1, 0.15) is 4.84 Å². The second kappa shape index (κ2) is 5.22. The minimum Gasteiger partial charge on any atom is -0.303 e. The first kappa shape index (κ1) is 12.4. The molecule has 7 heteroatoms. The first-order valence-corrected chi connectivity index (χ1v) is 5.40. The van der Waals surface area contributed by atoms with Crippen molar-refractivity contribution in [2.75, 3.05) is 0 Å². The minimum absolute atomic E-state index is 0.0950. The Labute approximate surface area is 80.4 Å². The molecule has 0 aromatic carbocycles. The molecule has 0 radical (unpaired) electrons. The summed E-state index contributed by atoms with van der Waals surface area (Å²) in [5.41, 5.74) is 0. The number of halogens is 2. The maximum Gasteiger partial charge on any atom is 0.470 e. The Morgan fingerprint density at radius 3 is 2.33 bits per heavy atom. The van der Waals surface area contributed by atoms with E-state index in [9.17, 15) is 4.57 Å². The van der Waals surface area contributed by atoms with Gasteiger partial charge in [0.25, 0.3) is 0 Å². The molecule has 0 aromatic rings. The molecular weight excluding hydrogens is 226 g/mol. The summed E-state index contributed by atoms with van der Waals surface area (Å²) >= 11 is 10.7. The van der Waals surface area contributed by atoms with Crippen molar-refractivity contribution >= 4 is 31.0 Å². The Morgan fingerprint density at radius 2 is 2.08 bits per heavy atom. The third kappa shape index (κ3) is 7.10. The molecule has 2 N–H and O–H groups in total. The summed E-state index contributed by atoms with van der Waals surface area (Å²) in [7, 11) is -4.48. The van der Waals surface area contributed by atoms with Crippen molar-refractivity contribution in [2.24, 2.45) is 0 Å². The van der Waals surface area contributed by atoms with E-state index >= 15 is 0 Å². The Kier molecular flexibility index (Phi) is 5.41. The Morgan fingerprint density at radius 1 is 1.58 bits per heavy atom. The van der Waals surface area contributed by atoms with Gasteiger partial charge in [-0.05, 0) is 0 Å². The summed E-state index contributed by atoms with van der Waals surface area (Å²) in [6.45, 7) is 3.31. The molecule has 0 aromatic heterocycles. The van der Waals surface area contributed by atoms with E-state index in [1.54, 1.807) is 0 Å². The molecule has 1 atom stereocenters. The lowest BCUT2D eigenvalue weighted by Gasteiger charge is -2.14. The SMILES string of the molecule is C=CC(CC(Cl)Cl)OP(=O)(O)O. The van der Waals surface area contributed by atoms with Crippen LogP contribution in [0, 0.1) is 0 Å². The van der Waals surface area contributed by atoms with Gasteiger partial charge < -0.3 is 9.79 Å². The molecule has 0 saturated carbocycles. The van der Waals surface area contributed by atoms with E-state index in [1.807, 2.05) is 0 Å². The van der Waals surface area contributed by atoms with Crippen molar-refractivity contribution < 1.29 is 18.9 Å². The highest BCUT2D eigenvalue weighted by Gasteiger charge is 2.21. The lowest BCUT2D eigenvalue weighted by atomic mass is 10.3. The Hall–Kier alpha value is 0.430. The van der Waals surface area contributed by atoms with Gasteiger partial charge in [-0.1, -0.05) is 6.08 Å². The number of hydrogen-bond acceptors (Lipinski definition) is 2. The fraction of sp³-hybridized carbons (Fsp3) is 0.600. The molecule has 0 heterocycles. The molecule has 0 spiro atoms. The number of phosphoric acid groups is 1. The zero-order valence-corrected chi connectivity index (χ0v) is 8.47. The maximum atomic E-state index is 10.3. The predicted octanol–water partition coefficient (Wildman–Crippen LogP) is 1.84. The van der Waals surface area contributed by atoms with Gasteiger partial charge >= 0.3 is 7.82 Å². The van der Waals surface area contributed by atoms with Gasteiger partial charge in [-0.25, -0.2) is 4.57 Å². The van der Waals surface area contributed by atoms with Gasteiger partial charge in [-0.15, -0.1) is 29.8 Å². The normalized spacial score (nSPS) is 14.8. The third-order valence-electron chi connectivity index (χ3n) is 0.946. The zero-order valence-electron chi connectivity index (χ0n) is 6.06. The van der Waals surface area contributed by atoms with Gasteiger partial charge in [0.15, 0.2) is 0 Å². The van der Waals surface area contributed by atoms with Crippen LogP contribution in [0.25, 0.3) is 0 Å². The number of alkyl halides is 2. The van der Waals surface area contributed by atoms with E-state index in [2.05, 4.69) is 11.1 Å². The second-order valence-electron chi connectivity index (χ2n) is 2.00. The molecule has 0 aliphatic heterocycles. The van der Waals surface area contributed by atoms with E-state index in [1.165, 1.54) is 6.08 Å². The largest absolute Gasteiger partial charge is 0.470 e. The Bertz CT molecular complexity index is 190. The fourth-order valence-electron chi connectivity index (χ4n) is 0.534. The number of hydrogen-bond donors (Lipinski definition) is 2. The van der Waals surface area contributed by atoms with E-state index in [-0.39, 0.29) is 6.42 Å². The molecule has 0 aliphatic carbocycles. The summed E-state index contributed by atoms with van der Waals surface area (Å²) in [6.07, 6.45) is 0.500. The highest BCUT2D eigenvalue weighted by atomic mass is 35.5. The molecule has 0 fully saturated rings. The maximum absolute atomic E-state index is 10.3. The van der Waals surface area contributed by atoms with Gasteiger partial charge in [0.2, 0.25) is 0 Å². The van der Waals surface area contributed by atoms with E-state index in [4.69, 9.17) is 33.0 Å². The van der Waals surface area contributed by atoms with Crippen LogP contribution in [0.15, 0.2) is 12.7 Å². The monoisotopic (exact) mass is 234 g/mol. The molecule has 72 valence electrons. The molecule has 0 saturated heterocycles. The minimum atomic E-state index is -4.48. The van der Waals surface area contributed by atoms with E-state index < -0.39 is 18.8 Å².